The molecule has 0 unspecified atom stereocenters. The molecule has 0 amide bonds. The van der Waals surface area contributed by atoms with Crippen molar-refractivity contribution in [1.29, 1.82) is 0 Å². The predicted octanol–water partition coefficient (Wildman–Crippen LogP) is 14.0. The molecule has 1 heterocycles. The molecule has 0 aliphatic heterocycles. The molecule has 4 fully saturated rings. The van der Waals surface area contributed by atoms with Crippen LogP contribution < -0.4 is 0 Å². The summed E-state index contributed by atoms with van der Waals surface area (Å²) in [5.41, 5.74) is 18.0. The van der Waals surface area contributed by atoms with Gasteiger partial charge in [-0.15, -0.1) is 0 Å². The maximum absolute atomic E-state index is 6.82. The van der Waals surface area contributed by atoms with Crippen molar-refractivity contribution in [2.45, 2.75) is 37.5 Å². The summed E-state index contributed by atoms with van der Waals surface area (Å²) in [5, 5.41) is 2.46. The molecule has 4 saturated carbocycles. The van der Waals surface area contributed by atoms with Crippen LogP contribution in [0.15, 0.2) is 162 Å². The van der Waals surface area contributed by atoms with E-state index >= 15 is 0 Å². The number of hydrogen-bond acceptors (Lipinski definition) is 1. The Morgan fingerprint density at radius 1 is 0.396 bits per heavy atom. The van der Waals surface area contributed by atoms with Crippen LogP contribution in [-0.2, 0) is 5.41 Å². The Morgan fingerprint density at radius 3 is 1.64 bits per heavy atom. The lowest BCUT2D eigenvalue weighted by Gasteiger charge is -2.61. The highest BCUT2D eigenvalue weighted by atomic mass is 16.3. The second-order valence-corrected chi connectivity index (χ2v) is 16.5. The highest BCUT2D eigenvalue weighted by Gasteiger charge is 2.62. The zero-order chi connectivity index (χ0) is 34.7. The lowest BCUT2D eigenvalue weighted by Crippen LogP contribution is -2.55. The van der Waals surface area contributed by atoms with Crippen molar-refractivity contribution >= 4 is 21.9 Å². The van der Waals surface area contributed by atoms with Crippen LogP contribution in [0.4, 0.5) is 0 Å². The molecule has 5 aliphatic carbocycles. The van der Waals surface area contributed by atoms with Gasteiger partial charge in [-0.25, -0.2) is 0 Å². The first-order chi connectivity index (χ1) is 26.2. The van der Waals surface area contributed by atoms with Gasteiger partial charge in [-0.2, -0.15) is 0 Å². The van der Waals surface area contributed by atoms with Crippen molar-refractivity contribution in [3.8, 4) is 55.6 Å². The first-order valence-corrected chi connectivity index (χ1v) is 19.7. The second kappa shape index (κ2) is 11.2. The number of para-hydroxylation sites is 1. The molecular formula is C52H40O. The Kier molecular flexibility index (Phi) is 6.30. The van der Waals surface area contributed by atoms with E-state index in [-0.39, 0.29) is 5.41 Å². The third-order valence-corrected chi connectivity index (χ3v) is 13.8. The van der Waals surface area contributed by atoms with Crippen molar-refractivity contribution in [3.63, 3.8) is 0 Å². The van der Waals surface area contributed by atoms with E-state index in [1.165, 1.54) is 98.5 Å². The van der Waals surface area contributed by atoms with E-state index in [0.29, 0.717) is 11.8 Å². The Labute approximate surface area is 311 Å². The lowest BCUT2D eigenvalue weighted by atomic mass is 9.43. The molecule has 13 rings (SSSR count). The van der Waals surface area contributed by atoms with Gasteiger partial charge >= 0.3 is 0 Å². The van der Waals surface area contributed by atoms with E-state index in [1.807, 2.05) is 0 Å². The van der Waals surface area contributed by atoms with Crippen molar-refractivity contribution in [2.24, 2.45) is 23.7 Å². The molecule has 0 radical (unpaired) electrons. The molecule has 53 heavy (non-hydrogen) atoms. The molecule has 0 atom stereocenters. The van der Waals surface area contributed by atoms with Crippen LogP contribution in [0.3, 0.4) is 0 Å². The smallest absolute Gasteiger partial charge is 0.143 e. The van der Waals surface area contributed by atoms with Gasteiger partial charge in [-0.3, -0.25) is 0 Å². The summed E-state index contributed by atoms with van der Waals surface area (Å²) in [7, 11) is 0. The maximum atomic E-state index is 6.82. The van der Waals surface area contributed by atoms with Crippen LogP contribution in [0.1, 0.15) is 43.2 Å². The number of fused-ring (bicyclic) bond motifs is 7. The molecule has 254 valence electrons. The van der Waals surface area contributed by atoms with Gasteiger partial charge in [0, 0.05) is 21.8 Å². The van der Waals surface area contributed by atoms with E-state index in [0.717, 1.165) is 23.0 Å². The minimum atomic E-state index is 0.0468. The highest BCUT2D eigenvalue weighted by molar-refractivity contribution is 6.12. The molecule has 0 saturated heterocycles. The number of furan rings is 1. The Morgan fingerprint density at radius 2 is 0.943 bits per heavy atom. The van der Waals surface area contributed by atoms with E-state index in [2.05, 4.69) is 158 Å². The van der Waals surface area contributed by atoms with Crippen molar-refractivity contribution in [1.82, 2.24) is 0 Å². The summed E-state index contributed by atoms with van der Waals surface area (Å²) in [6.45, 7) is 0. The lowest BCUT2D eigenvalue weighted by molar-refractivity contribution is -0.0399. The fraction of sp³-hybridized carbons (Fsp3) is 0.192. The van der Waals surface area contributed by atoms with Crippen molar-refractivity contribution in [3.05, 3.63) is 169 Å². The van der Waals surface area contributed by atoms with Gasteiger partial charge in [0.1, 0.15) is 11.2 Å². The summed E-state index contributed by atoms with van der Waals surface area (Å²) in [5.74, 6) is 3.15. The molecule has 5 aliphatic rings. The van der Waals surface area contributed by atoms with Gasteiger partial charge in [-0.1, -0.05) is 121 Å². The summed E-state index contributed by atoms with van der Waals surface area (Å²) in [6.07, 6.45) is 6.89. The molecule has 1 aromatic heterocycles. The minimum Gasteiger partial charge on any atom is -0.455 e. The fourth-order valence-corrected chi connectivity index (χ4v) is 11.9. The van der Waals surface area contributed by atoms with Gasteiger partial charge in [-0.05, 0) is 153 Å². The SMILES string of the molecule is c1ccc(-c2cccc(-c3cc(-c4ccccc4)cc(-c4ccc5c(c4)C4(c6ccc7c(oc8ccccc87)c6-5)C5CC6CC(C5)CC4C6)c3)c2)cc1. The monoisotopic (exact) mass is 680 g/mol. The molecular weight excluding hydrogens is 641 g/mol. The molecule has 1 nitrogen and oxygen atoms in total. The van der Waals surface area contributed by atoms with Gasteiger partial charge in [0.15, 0.2) is 0 Å². The van der Waals surface area contributed by atoms with Crippen LogP contribution in [0.2, 0.25) is 0 Å². The standard InChI is InChI=1S/C52H40O/c1-3-10-34(11-4-1)36-14-9-15-37(27-36)40-28-39(35-12-5-2-6-13-35)29-41(30-40)38-18-19-46-48(31-38)52(42-23-32-22-33(25-42)26-43(52)24-32)47-21-20-45-44-16-7-8-17-49(44)53-51(45)50(46)47/h1-21,27-33,42-43H,22-26H2. The first kappa shape index (κ1) is 29.9. The molecule has 7 aromatic carbocycles. The minimum absolute atomic E-state index is 0.0468. The third-order valence-electron chi connectivity index (χ3n) is 13.8. The predicted molar refractivity (Wildman–Crippen MR) is 219 cm³/mol. The van der Waals surface area contributed by atoms with Gasteiger partial charge in [0.2, 0.25) is 0 Å². The van der Waals surface area contributed by atoms with E-state index < -0.39 is 0 Å². The Hall–Kier alpha value is -5.66. The van der Waals surface area contributed by atoms with Crippen LogP contribution >= 0.6 is 0 Å². The van der Waals surface area contributed by atoms with E-state index in [1.54, 1.807) is 11.1 Å². The van der Waals surface area contributed by atoms with Crippen LogP contribution in [-0.4, -0.2) is 0 Å². The average molecular weight is 681 g/mol. The molecule has 8 aromatic rings. The Bertz CT molecular complexity index is 2700. The number of benzene rings is 7. The molecule has 1 heteroatoms. The average Bonchev–Trinajstić information content (AvgIpc) is 3.74. The molecule has 1 spiro atoms. The van der Waals surface area contributed by atoms with Crippen LogP contribution in [0, 0.1) is 23.7 Å². The van der Waals surface area contributed by atoms with Gasteiger partial charge in [0.05, 0.1) is 0 Å². The largest absolute Gasteiger partial charge is 0.455 e. The molecule has 4 bridgehead atoms. The molecule has 0 N–H and O–H groups in total. The first-order valence-electron chi connectivity index (χ1n) is 19.7. The zero-order valence-electron chi connectivity index (χ0n) is 29.8. The van der Waals surface area contributed by atoms with Crippen LogP contribution in [0.5, 0.6) is 0 Å². The number of hydrogen-bond donors (Lipinski definition) is 0. The zero-order valence-corrected chi connectivity index (χ0v) is 29.8. The van der Waals surface area contributed by atoms with Crippen molar-refractivity contribution < 1.29 is 4.42 Å². The summed E-state index contributed by atoms with van der Waals surface area (Å²) >= 11 is 0. The summed E-state index contributed by atoms with van der Waals surface area (Å²) in [4.78, 5) is 0. The number of rotatable bonds is 4. The topological polar surface area (TPSA) is 13.1 Å². The van der Waals surface area contributed by atoms with Gasteiger partial charge in [0.25, 0.3) is 0 Å². The van der Waals surface area contributed by atoms with Gasteiger partial charge < -0.3 is 4.42 Å². The summed E-state index contributed by atoms with van der Waals surface area (Å²) < 4.78 is 6.82. The quantitative estimate of drug-likeness (QED) is 0.180. The van der Waals surface area contributed by atoms with Crippen LogP contribution in [0.25, 0.3) is 77.6 Å². The third kappa shape index (κ3) is 4.31. The Balaban J connectivity index is 1.08. The fourth-order valence-electron chi connectivity index (χ4n) is 11.9. The van der Waals surface area contributed by atoms with E-state index in [9.17, 15) is 0 Å². The summed E-state index contributed by atoms with van der Waals surface area (Å²) in [6, 6.07) is 58.9. The second-order valence-electron chi connectivity index (χ2n) is 16.5. The van der Waals surface area contributed by atoms with E-state index in [4.69, 9.17) is 4.42 Å². The highest BCUT2D eigenvalue weighted by Crippen LogP contribution is 2.70. The van der Waals surface area contributed by atoms with Crippen molar-refractivity contribution in [2.75, 3.05) is 0 Å². The normalized spacial score (nSPS) is 23.5. The maximum Gasteiger partial charge on any atom is 0.143 e.